The highest BCUT2D eigenvalue weighted by molar-refractivity contribution is 6.32. The second kappa shape index (κ2) is 2.05. The highest BCUT2D eigenvalue weighted by atomic mass is 14.9. The Bertz CT molecular complexity index is 257. The average molecular weight is 131 g/mol. The molecule has 1 aromatic carbocycles. The van der Waals surface area contributed by atoms with E-state index in [9.17, 15) is 0 Å². The number of hydrogen-bond donors (Lipinski definition) is 1. The van der Waals surface area contributed by atoms with E-state index in [2.05, 4.69) is 31.4 Å². The fourth-order valence-electron chi connectivity index (χ4n) is 1.43. The predicted octanol–water partition coefficient (Wildman–Crippen LogP) is -0.0870. The minimum absolute atomic E-state index is 1.11. The van der Waals surface area contributed by atoms with Gasteiger partial charge in [0.15, 0.2) is 0 Å². The summed E-state index contributed by atoms with van der Waals surface area (Å²) in [6.07, 6.45) is 1.19. The number of rotatable bonds is 0. The summed E-state index contributed by atoms with van der Waals surface area (Å²) in [7, 11) is 2.14. The van der Waals surface area contributed by atoms with E-state index in [0.29, 0.717) is 0 Å². The molecule has 10 heavy (non-hydrogen) atoms. The second-order valence-electron chi connectivity index (χ2n) is 2.84. The van der Waals surface area contributed by atoms with E-state index >= 15 is 0 Å². The summed E-state index contributed by atoms with van der Waals surface area (Å²) in [4.78, 5) is 0. The molecule has 0 unspecified atom stereocenters. The van der Waals surface area contributed by atoms with E-state index in [1.807, 2.05) is 0 Å². The van der Waals surface area contributed by atoms with Crippen molar-refractivity contribution in [2.75, 3.05) is 11.9 Å². The molecule has 50 valence electrons. The summed E-state index contributed by atoms with van der Waals surface area (Å²) < 4.78 is 0. The monoisotopic (exact) mass is 131 g/mol. The lowest BCUT2D eigenvalue weighted by Crippen LogP contribution is -2.01. The van der Waals surface area contributed by atoms with Crippen molar-refractivity contribution in [3.05, 3.63) is 23.8 Å². The quantitative estimate of drug-likeness (QED) is 0.485. The second-order valence-corrected chi connectivity index (χ2v) is 2.84. The maximum atomic E-state index is 3.33. The zero-order valence-corrected chi connectivity index (χ0v) is 6.15. The third-order valence-electron chi connectivity index (χ3n) is 1.97. The molecule has 1 heterocycles. The molecule has 0 amide bonds. The molecule has 2 rings (SSSR count). The topological polar surface area (TPSA) is 12.0 Å². The molecule has 0 radical (unpaired) electrons. The summed E-state index contributed by atoms with van der Waals surface area (Å²) >= 11 is 0. The van der Waals surface area contributed by atoms with Gasteiger partial charge in [-0.05, 0) is 18.1 Å². The van der Waals surface area contributed by atoms with Gasteiger partial charge in [-0.3, -0.25) is 0 Å². The first kappa shape index (κ1) is 5.84. The predicted molar refractivity (Wildman–Crippen MR) is 46.8 cm³/mol. The Morgan fingerprint density at radius 1 is 1.40 bits per heavy atom. The fourth-order valence-corrected chi connectivity index (χ4v) is 1.43. The molecule has 1 N–H and O–H groups in total. The van der Waals surface area contributed by atoms with Gasteiger partial charge in [-0.15, -0.1) is 0 Å². The molecule has 0 fully saturated rings. The van der Waals surface area contributed by atoms with Gasteiger partial charge in [-0.25, -0.2) is 0 Å². The summed E-state index contributed by atoms with van der Waals surface area (Å²) in [5, 5.41) is 3.33. The smallest absolute Gasteiger partial charge is 0.139 e. The molecule has 1 aromatic rings. The van der Waals surface area contributed by atoms with Crippen LogP contribution in [0.2, 0.25) is 0 Å². The lowest BCUT2D eigenvalue weighted by molar-refractivity contribution is 1.11. The lowest BCUT2D eigenvalue weighted by atomic mass is 9.94. The maximum absolute atomic E-state index is 3.33. The van der Waals surface area contributed by atoms with Gasteiger partial charge in [-0.2, -0.15) is 0 Å². The SMILES string of the molecule is Bc1ccc2c(c1)CCN2. The molecular weight excluding hydrogens is 121 g/mol. The minimum atomic E-state index is 1.11. The normalized spacial score (nSPS) is 14.4. The third kappa shape index (κ3) is 0.802. The molecule has 0 spiro atoms. The van der Waals surface area contributed by atoms with Crippen molar-refractivity contribution >= 4 is 19.0 Å². The number of fused-ring (bicyclic) bond motifs is 1. The van der Waals surface area contributed by atoms with Crippen LogP contribution in [-0.4, -0.2) is 14.4 Å². The van der Waals surface area contributed by atoms with Crippen molar-refractivity contribution < 1.29 is 0 Å². The lowest BCUT2D eigenvalue weighted by Gasteiger charge is -1.98. The fraction of sp³-hybridized carbons (Fsp3) is 0.250. The molecule has 1 aliphatic heterocycles. The largest absolute Gasteiger partial charge is 0.384 e. The molecular formula is C8H10BN. The van der Waals surface area contributed by atoms with Crippen molar-refractivity contribution in [2.24, 2.45) is 0 Å². The minimum Gasteiger partial charge on any atom is -0.384 e. The van der Waals surface area contributed by atoms with E-state index < -0.39 is 0 Å². The Balaban J connectivity index is 2.52. The number of anilines is 1. The molecule has 1 aliphatic rings. The zero-order valence-electron chi connectivity index (χ0n) is 6.15. The van der Waals surface area contributed by atoms with Crippen LogP contribution in [0.15, 0.2) is 18.2 Å². The van der Waals surface area contributed by atoms with Gasteiger partial charge in [0.2, 0.25) is 0 Å². The maximum Gasteiger partial charge on any atom is 0.139 e. The molecule has 0 bridgehead atoms. The Morgan fingerprint density at radius 2 is 2.30 bits per heavy atom. The van der Waals surface area contributed by atoms with E-state index in [1.54, 1.807) is 0 Å². The van der Waals surface area contributed by atoms with Crippen LogP contribution in [0.1, 0.15) is 5.56 Å². The molecule has 2 heteroatoms. The van der Waals surface area contributed by atoms with Crippen LogP contribution in [0.3, 0.4) is 0 Å². The van der Waals surface area contributed by atoms with Crippen molar-refractivity contribution in [1.82, 2.24) is 0 Å². The summed E-state index contributed by atoms with van der Waals surface area (Å²) in [5.74, 6) is 0. The van der Waals surface area contributed by atoms with Gasteiger partial charge in [0.05, 0.1) is 0 Å². The summed E-state index contributed by atoms with van der Waals surface area (Å²) in [6, 6.07) is 6.57. The first-order valence-corrected chi connectivity index (χ1v) is 3.70. The first-order valence-electron chi connectivity index (χ1n) is 3.70. The molecule has 1 nitrogen and oxygen atoms in total. The van der Waals surface area contributed by atoms with Crippen molar-refractivity contribution in [1.29, 1.82) is 0 Å². The van der Waals surface area contributed by atoms with Gasteiger partial charge >= 0.3 is 0 Å². The van der Waals surface area contributed by atoms with Crippen LogP contribution in [0.4, 0.5) is 5.69 Å². The van der Waals surface area contributed by atoms with Crippen molar-refractivity contribution in [2.45, 2.75) is 6.42 Å². The van der Waals surface area contributed by atoms with E-state index in [4.69, 9.17) is 0 Å². The number of nitrogens with one attached hydrogen (secondary N) is 1. The molecule has 0 atom stereocenters. The average Bonchev–Trinajstić information content (AvgIpc) is 2.33. The highest BCUT2D eigenvalue weighted by Gasteiger charge is 2.07. The van der Waals surface area contributed by atoms with Crippen LogP contribution in [-0.2, 0) is 6.42 Å². The third-order valence-corrected chi connectivity index (χ3v) is 1.97. The van der Waals surface area contributed by atoms with Gasteiger partial charge in [0.25, 0.3) is 0 Å². The van der Waals surface area contributed by atoms with E-state index in [1.165, 1.54) is 23.1 Å². The number of hydrogen-bond acceptors (Lipinski definition) is 1. The zero-order chi connectivity index (χ0) is 6.97. The van der Waals surface area contributed by atoms with Gasteiger partial charge in [-0.1, -0.05) is 17.6 Å². The van der Waals surface area contributed by atoms with Crippen LogP contribution in [0.25, 0.3) is 0 Å². The molecule has 0 saturated carbocycles. The standard InChI is InChI=1S/C8H10BN/c9-7-1-2-8-6(5-7)3-4-10-8/h1-2,5,10H,3-4,9H2. The van der Waals surface area contributed by atoms with Crippen molar-refractivity contribution in [3.63, 3.8) is 0 Å². The van der Waals surface area contributed by atoms with Crippen LogP contribution >= 0.6 is 0 Å². The van der Waals surface area contributed by atoms with Crippen LogP contribution in [0, 0.1) is 0 Å². The van der Waals surface area contributed by atoms with Crippen LogP contribution in [0.5, 0.6) is 0 Å². The molecule has 0 saturated heterocycles. The van der Waals surface area contributed by atoms with Crippen LogP contribution < -0.4 is 10.8 Å². The summed E-state index contributed by atoms with van der Waals surface area (Å²) in [6.45, 7) is 1.11. The molecule has 0 aromatic heterocycles. The van der Waals surface area contributed by atoms with Crippen molar-refractivity contribution in [3.8, 4) is 0 Å². The van der Waals surface area contributed by atoms with E-state index in [0.717, 1.165) is 6.54 Å². The highest BCUT2D eigenvalue weighted by Crippen LogP contribution is 2.19. The Kier molecular flexibility index (Phi) is 1.19. The number of benzene rings is 1. The molecule has 0 aliphatic carbocycles. The Labute approximate surface area is 61.9 Å². The van der Waals surface area contributed by atoms with E-state index in [-0.39, 0.29) is 0 Å². The Hall–Kier alpha value is -0.915. The van der Waals surface area contributed by atoms with Gasteiger partial charge in [0.1, 0.15) is 7.85 Å². The van der Waals surface area contributed by atoms with Gasteiger partial charge in [0, 0.05) is 12.2 Å². The van der Waals surface area contributed by atoms with Gasteiger partial charge < -0.3 is 5.32 Å². The summed E-state index contributed by atoms with van der Waals surface area (Å²) in [5.41, 5.74) is 4.16. The Morgan fingerprint density at radius 3 is 3.20 bits per heavy atom. The first-order chi connectivity index (χ1) is 4.86.